The van der Waals surface area contributed by atoms with Crippen LogP contribution >= 0.6 is 0 Å². The number of hydrogen-bond acceptors (Lipinski definition) is 9. The number of amides is 3. The van der Waals surface area contributed by atoms with Crippen molar-refractivity contribution < 1.29 is 43.5 Å². The molecule has 5 N–H and O–H groups in total. The number of aliphatic hydroxyl groups excluding tert-OH is 2. The Hall–Kier alpha value is -4.65. The van der Waals surface area contributed by atoms with Gasteiger partial charge in [0.25, 0.3) is 0 Å². The summed E-state index contributed by atoms with van der Waals surface area (Å²) in [5.41, 5.74) is 6.85. The van der Waals surface area contributed by atoms with Gasteiger partial charge < -0.3 is 29.2 Å². The molecule has 1 aliphatic rings. The largest absolute Gasteiger partial charge is 0.446 e. The zero-order chi connectivity index (χ0) is 32.8. The highest BCUT2D eigenvalue weighted by Crippen LogP contribution is 2.27. The van der Waals surface area contributed by atoms with Crippen LogP contribution < -0.4 is 16.0 Å². The van der Waals surface area contributed by atoms with Crippen LogP contribution in [0.4, 0.5) is 31.4 Å². The minimum absolute atomic E-state index is 0.438. The van der Waals surface area contributed by atoms with Gasteiger partial charge in [0, 0.05) is 17.1 Å². The second kappa shape index (κ2) is 14.4. The Balaban J connectivity index is 1.48. The van der Waals surface area contributed by atoms with Crippen LogP contribution in [0.2, 0.25) is 0 Å². The summed E-state index contributed by atoms with van der Waals surface area (Å²) in [7, 11) is 0. The quantitative estimate of drug-likeness (QED) is 0.217. The first-order valence-corrected chi connectivity index (χ1v) is 14.4. The van der Waals surface area contributed by atoms with Crippen LogP contribution in [-0.4, -0.2) is 65.8 Å². The van der Waals surface area contributed by atoms with Crippen LogP contribution in [0.15, 0.2) is 54.6 Å². The van der Waals surface area contributed by atoms with Gasteiger partial charge in [-0.1, -0.05) is 18.2 Å². The Morgan fingerprint density at radius 1 is 0.600 bits per heavy atom. The molecule has 12 heteroatoms. The summed E-state index contributed by atoms with van der Waals surface area (Å²) in [4.78, 5) is 38.3. The molecule has 3 amide bonds. The fraction of sp³-hybridized carbons (Fsp3) is 0.364. The molecule has 0 saturated carbocycles. The van der Waals surface area contributed by atoms with Crippen molar-refractivity contribution in [2.75, 3.05) is 22.6 Å². The Morgan fingerprint density at radius 3 is 1.36 bits per heavy atom. The summed E-state index contributed by atoms with van der Waals surface area (Å²) >= 11 is 0. The number of aryl methyl sites for hydroxylation is 6. The van der Waals surface area contributed by atoms with E-state index in [0.29, 0.717) is 17.1 Å². The number of carbonyl (C=O) groups is 3. The van der Waals surface area contributed by atoms with Crippen LogP contribution in [0, 0.1) is 41.5 Å². The average Bonchev–Trinajstić information content (AvgIpc) is 2.90. The molecule has 0 bridgehead atoms. The standard InChI is InChI=1S/C33H39N3O9/c1-17-7-18(2)11-23(10-17)34-31(39)42-16-26-27(37)28(44-32(40)35-24-12-19(3)8-20(4)13-24)29(30(38)43-26)45-33(41)36-25-14-21(5)9-22(6)15-25/h7-15,26-30,37-38H,16H2,1-6H3,(H,34,39)(H,35,40)(H,36,41)/t26-,27-,28+,29-,30+/m1/s1. The summed E-state index contributed by atoms with van der Waals surface area (Å²) in [6.45, 7) is 10.7. The maximum Gasteiger partial charge on any atom is 0.412 e. The van der Waals surface area contributed by atoms with Crippen LogP contribution in [0.1, 0.15) is 33.4 Å². The topological polar surface area (TPSA) is 165 Å². The minimum Gasteiger partial charge on any atom is -0.446 e. The van der Waals surface area contributed by atoms with E-state index in [1.165, 1.54) is 0 Å². The van der Waals surface area contributed by atoms with E-state index in [9.17, 15) is 24.6 Å². The van der Waals surface area contributed by atoms with Crippen molar-refractivity contribution in [2.45, 2.75) is 72.2 Å². The van der Waals surface area contributed by atoms with Gasteiger partial charge in [-0.25, -0.2) is 14.4 Å². The summed E-state index contributed by atoms with van der Waals surface area (Å²) < 4.78 is 21.7. The minimum atomic E-state index is -1.85. The number of ether oxygens (including phenoxy) is 4. The lowest BCUT2D eigenvalue weighted by atomic mass is 9.99. The second-order valence-electron chi connectivity index (χ2n) is 11.4. The van der Waals surface area contributed by atoms with E-state index in [-0.39, 0.29) is 0 Å². The van der Waals surface area contributed by atoms with Crippen molar-refractivity contribution in [1.29, 1.82) is 0 Å². The normalized spacial score (nSPS) is 20.9. The number of benzene rings is 3. The number of rotatable bonds is 7. The number of hydrogen-bond donors (Lipinski definition) is 5. The first kappa shape index (κ1) is 33.2. The van der Waals surface area contributed by atoms with E-state index in [4.69, 9.17) is 18.9 Å². The summed E-state index contributed by atoms with van der Waals surface area (Å²) in [6, 6.07) is 16.2. The molecule has 0 unspecified atom stereocenters. The second-order valence-corrected chi connectivity index (χ2v) is 11.4. The van der Waals surface area contributed by atoms with E-state index in [0.717, 1.165) is 33.4 Å². The molecule has 3 aromatic carbocycles. The van der Waals surface area contributed by atoms with Gasteiger partial charge in [-0.05, 0) is 111 Å². The van der Waals surface area contributed by atoms with Crippen LogP contribution in [0.3, 0.4) is 0 Å². The Morgan fingerprint density at radius 2 is 0.956 bits per heavy atom. The fourth-order valence-electron chi connectivity index (χ4n) is 5.30. The molecule has 240 valence electrons. The van der Waals surface area contributed by atoms with Crippen molar-refractivity contribution in [3.63, 3.8) is 0 Å². The SMILES string of the molecule is Cc1cc(C)cc(NC(=O)OC[C@H]2O[C@H](O)[C@H](OC(=O)Nc3cc(C)cc(C)c3)[C@@H](OC(=O)Nc3cc(C)cc(C)c3)[C@@H]2O)c1. The third-order valence-electron chi connectivity index (χ3n) is 6.91. The van der Waals surface area contributed by atoms with E-state index in [1.807, 2.05) is 59.7 Å². The Kier molecular flexibility index (Phi) is 10.7. The van der Waals surface area contributed by atoms with Gasteiger partial charge in [-0.3, -0.25) is 16.0 Å². The van der Waals surface area contributed by atoms with Gasteiger partial charge in [-0.2, -0.15) is 0 Å². The number of anilines is 3. The lowest BCUT2D eigenvalue weighted by Gasteiger charge is -2.41. The maximum absolute atomic E-state index is 13.0. The van der Waals surface area contributed by atoms with Crippen molar-refractivity contribution in [3.05, 3.63) is 88.0 Å². The van der Waals surface area contributed by atoms with Crippen LogP contribution in [-0.2, 0) is 18.9 Å². The highest BCUT2D eigenvalue weighted by atomic mass is 16.7. The molecule has 1 saturated heterocycles. The molecule has 3 aromatic rings. The maximum atomic E-state index is 13.0. The van der Waals surface area contributed by atoms with E-state index >= 15 is 0 Å². The predicted octanol–water partition coefficient (Wildman–Crippen LogP) is 5.40. The number of carbonyl (C=O) groups excluding carboxylic acids is 3. The van der Waals surface area contributed by atoms with Gasteiger partial charge in [0.05, 0.1) is 0 Å². The van der Waals surface area contributed by atoms with Crippen LogP contribution in [0.25, 0.3) is 0 Å². The lowest BCUT2D eigenvalue weighted by molar-refractivity contribution is -0.283. The molecule has 0 aliphatic carbocycles. The highest BCUT2D eigenvalue weighted by molar-refractivity contribution is 5.86. The van der Waals surface area contributed by atoms with E-state index in [1.54, 1.807) is 36.4 Å². The first-order chi connectivity index (χ1) is 21.2. The number of nitrogens with one attached hydrogen (secondary N) is 3. The zero-order valence-electron chi connectivity index (χ0n) is 26.0. The molecule has 1 heterocycles. The Labute approximate surface area is 261 Å². The first-order valence-electron chi connectivity index (χ1n) is 14.4. The van der Waals surface area contributed by atoms with Crippen molar-refractivity contribution in [3.8, 4) is 0 Å². The molecular weight excluding hydrogens is 582 g/mol. The van der Waals surface area contributed by atoms with E-state index < -0.39 is 55.6 Å². The molecule has 5 atom stereocenters. The molecule has 4 rings (SSSR count). The molecule has 0 aromatic heterocycles. The predicted molar refractivity (Wildman–Crippen MR) is 167 cm³/mol. The van der Waals surface area contributed by atoms with Crippen molar-refractivity contribution >= 4 is 35.3 Å². The zero-order valence-corrected chi connectivity index (χ0v) is 26.0. The third-order valence-corrected chi connectivity index (χ3v) is 6.91. The fourth-order valence-corrected chi connectivity index (χ4v) is 5.30. The van der Waals surface area contributed by atoms with Gasteiger partial charge in [0.1, 0.15) is 18.8 Å². The highest BCUT2D eigenvalue weighted by Gasteiger charge is 2.50. The summed E-state index contributed by atoms with van der Waals surface area (Å²) in [5, 5.41) is 29.8. The lowest BCUT2D eigenvalue weighted by Crippen LogP contribution is -2.61. The van der Waals surface area contributed by atoms with Gasteiger partial charge in [-0.15, -0.1) is 0 Å². The molecular formula is C33H39N3O9. The molecule has 12 nitrogen and oxygen atoms in total. The molecule has 0 radical (unpaired) electrons. The average molecular weight is 622 g/mol. The molecule has 1 aliphatic heterocycles. The van der Waals surface area contributed by atoms with Crippen molar-refractivity contribution in [2.24, 2.45) is 0 Å². The number of aliphatic hydroxyl groups is 2. The van der Waals surface area contributed by atoms with Crippen LogP contribution in [0.5, 0.6) is 0 Å². The van der Waals surface area contributed by atoms with Crippen molar-refractivity contribution in [1.82, 2.24) is 0 Å². The summed E-state index contributed by atoms with van der Waals surface area (Å²) in [6.07, 6.45) is -10.9. The molecule has 0 spiro atoms. The smallest absolute Gasteiger partial charge is 0.412 e. The van der Waals surface area contributed by atoms with Gasteiger partial charge in [0.15, 0.2) is 18.5 Å². The van der Waals surface area contributed by atoms with Gasteiger partial charge >= 0.3 is 18.3 Å². The van der Waals surface area contributed by atoms with E-state index in [2.05, 4.69) is 16.0 Å². The monoisotopic (exact) mass is 621 g/mol. The van der Waals surface area contributed by atoms with Gasteiger partial charge in [0.2, 0.25) is 0 Å². The molecule has 1 fully saturated rings. The summed E-state index contributed by atoms with van der Waals surface area (Å²) in [5.74, 6) is 0. The molecule has 45 heavy (non-hydrogen) atoms. The third kappa shape index (κ3) is 9.42. The Bertz CT molecular complexity index is 1500.